The lowest BCUT2D eigenvalue weighted by Gasteiger charge is -2.35. The summed E-state index contributed by atoms with van der Waals surface area (Å²) in [6.45, 7) is 2.22. The molecular formula is C13H22N4O2S. The number of rotatable bonds is 4. The molecule has 2 N–H and O–H groups in total. The molecule has 1 aromatic rings. The summed E-state index contributed by atoms with van der Waals surface area (Å²) >= 11 is 1.59. The molecule has 7 heteroatoms. The van der Waals surface area contributed by atoms with Crippen molar-refractivity contribution in [1.82, 2.24) is 20.1 Å². The van der Waals surface area contributed by atoms with E-state index >= 15 is 0 Å². The number of thioether (sulfide) groups is 1. The topological polar surface area (TPSA) is 79.8 Å². The van der Waals surface area contributed by atoms with Crippen LogP contribution in [-0.2, 0) is 7.05 Å². The summed E-state index contributed by atoms with van der Waals surface area (Å²) < 4.78 is 1.54. The van der Waals surface area contributed by atoms with Gasteiger partial charge in [-0.15, -0.1) is 0 Å². The third kappa shape index (κ3) is 3.32. The highest BCUT2D eigenvalue weighted by atomic mass is 32.2. The molecule has 0 radical (unpaired) electrons. The summed E-state index contributed by atoms with van der Waals surface area (Å²) in [6, 6.07) is 0.423. The maximum atomic E-state index is 11.4. The van der Waals surface area contributed by atoms with Crippen molar-refractivity contribution in [1.29, 1.82) is 0 Å². The smallest absolute Gasteiger partial charge is 0.316 e. The van der Waals surface area contributed by atoms with E-state index in [2.05, 4.69) is 22.3 Å². The Balaban J connectivity index is 2.20. The number of hydrogen-bond donors (Lipinski definition) is 2. The van der Waals surface area contributed by atoms with E-state index in [0.29, 0.717) is 16.4 Å². The van der Waals surface area contributed by atoms with Crippen molar-refractivity contribution in [2.45, 2.75) is 49.1 Å². The standard InChI is InChI=1S/C13H22N4O2S/c1-4-8-5-6-9(14-2)10(7-8)20-13-15-11(18)12(19)16-17(13)3/h8-10,14H,4-7H2,1-3H3,(H,16,19). The Labute approximate surface area is 122 Å². The normalized spacial score (nSPS) is 26.6. The molecule has 1 aromatic heterocycles. The highest BCUT2D eigenvalue weighted by molar-refractivity contribution is 7.99. The molecule has 1 heterocycles. The number of hydrogen-bond acceptors (Lipinski definition) is 5. The number of aryl methyl sites for hydroxylation is 1. The first kappa shape index (κ1) is 15.3. The zero-order valence-corrected chi connectivity index (χ0v) is 13.0. The van der Waals surface area contributed by atoms with Gasteiger partial charge >= 0.3 is 11.1 Å². The predicted molar refractivity (Wildman–Crippen MR) is 80.2 cm³/mol. The van der Waals surface area contributed by atoms with Gasteiger partial charge in [-0.3, -0.25) is 19.4 Å². The van der Waals surface area contributed by atoms with Gasteiger partial charge in [0.05, 0.1) is 0 Å². The molecule has 0 aliphatic heterocycles. The Morgan fingerprint density at radius 3 is 2.85 bits per heavy atom. The lowest BCUT2D eigenvalue weighted by Crippen LogP contribution is -2.41. The molecule has 112 valence electrons. The van der Waals surface area contributed by atoms with Crippen LogP contribution in [0, 0.1) is 5.92 Å². The summed E-state index contributed by atoms with van der Waals surface area (Å²) in [6.07, 6.45) is 4.69. The number of aromatic amines is 1. The first-order valence-electron chi connectivity index (χ1n) is 7.06. The molecular weight excluding hydrogens is 276 g/mol. The molecule has 0 bridgehead atoms. The molecule has 0 saturated heterocycles. The highest BCUT2D eigenvalue weighted by Gasteiger charge is 2.30. The van der Waals surface area contributed by atoms with Crippen LogP contribution in [0.3, 0.4) is 0 Å². The van der Waals surface area contributed by atoms with Crippen LogP contribution >= 0.6 is 11.8 Å². The highest BCUT2D eigenvalue weighted by Crippen LogP contribution is 2.36. The maximum Gasteiger partial charge on any atom is 0.339 e. The Morgan fingerprint density at radius 1 is 1.45 bits per heavy atom. The van der Waals surface area contributed by atoms with E-state index in [-0.39, 0.29) is 0 Å². The van der Waals surface area contributed by atoms with Crippen LogP contribution in [0.4, 0.5) is 0 Å². The first-order chi connectivity index (χ1) is 9.55. The van der Waals surface area contributed by atoms with E-state index < -0.39 is 11.1 Å². The number of aromatic nitrogens is 3. The molecule has 1 fully saturated rings. The minimum Gasteiger partial charge on any atom is -0.316 e. The molecule has 3 unspecified atom stereocenters. The van der Waals surface area contributed by atoms with E-state index in [4.69, 9.17) is 0 Å². The Hall–Kier alpha value is -1.08. The van der Waals surface area contributed by atoms with Gasteiger partial charge in [-0.2, -0.15) is 4.98 Å². The van der Waals surface area contributed by atoms with Crippen LogP contribution in [0.5, 0.6) is 0 Å². The van der Waals surface area contributed by atoms with Crippen molar-refractivity contribution in [3.05, 3.63) is 20.7 Å². The van der Waals surface area contributed by atoms with Gasteiger partial charge in [0.1, 0.15) is 0 Å². The number of H-pyrrole nitrogens is 1. The van der Waals surface area contributed by atoms with E-state index in [1.54, 1.807) is 18.8 Å². The van der Waals surface area contributed by atoms with Gasteiger partial charge < -0.3 is 5.32 Å². The predicted octanol–water partition coefficient (Wildman–Crippen LogP) is 0.727. The van der Waals surface area contributed by atoms with Gasteiger partial charge in [0.15, 0.2) is 5.16 Å². The largest absolute Gasteiger partial charge is 0.339 e. The van der Waals surface area contributed by atoms with Crippen LogP contribution in [-0.4, -0.2) is 33.1 Å². The fourth-order valence-electron chi connectivity index (χ4n) is 2.74. The fourth-order valence-corrected chi connectivity index (χ4v) is 4.16. The van der Waals surface area contributed by atoms with E-state index in [9.17, 15) is 9.59 Å². The summed E-state index contributed by atoms with van der Waals surface area (Å²) in [5, 5.41) is 6.81. The molecule has 0 spiro atoms. The van der Waals surface area contributed by atoms with Gasteiger partial charge in [0.25, 0.3) is 0 Å². The third-order valence-corrected chi connectivity index (χ3v) is 5.45. The van der Waals surface area contributed by atoms with Crippen LogP contribution in [0.15, 0.2) is 14.7 Å². The summed E-state index contributed by atoms with van der Waals surface area (Å²) in [5.41, 5.74) is -1.38. The average molecular weight is 298 g/mol. The molecule has 1 aliphatic carbocycles. The first-order valence-corrected chi connectivity index (χ1v) is 7.94. The second-order valence-electron chi connectivity index (χ2n) is 5.34. The monoisotopic (exact) mass is 298 g/mol. The summed E-state index contributed by atoms with van der Waals surface area (Å²) in [4.78, 5) is 26.5. The Kier molecular flexibility index (Phi) is 5.04. The van der Waals surface area contributed by atoms with Crippen LogP contribution in [0.1, 0.15) is 32.6 Å². The number of nitrogens with zero attached hydrogens (tertiary/aromatic N) is 2. The summed E-state index contributed by atoms with van der Waals surface area (Å²) in [7, 11) is 3.69. The number of nitrogens with one attached hydrogen (secondary N) is 2. The molecule has 1 saturated carbocycles. The molecule has 2 rings (SSSR count). The van der Waals surface area contributed by atoms with Crippen molar-refractivity contribution < 1.29 is 0 Å². The van der Waals surface area contributed by atoms with Crippen LogP contribution in [0.25, 0.3) is 0 Å². The Bertz CT molecular complexity index is 568. The quantitative estimate of drug-likeness (QED) is 0.801. The minimum absolute atomic E-state index is 0.378. The van der Waals surface area contributed by atoms with Crippen LogP contribution in [0.2, 0.25) is 0 Å². The lowest BCUT2D eigenvalue weighted by atomic mass is 9.84. The fraction of sp³-hybridized carbons (Fsp3) is 0.769. The van der Waals surface area contributed by atoms with Crippen molar-refractivity contribution in [2.75, 3.05) is 7.05 Å². The van der Waals surface area contributed by atoms with E-state index in [0.717, 1.165) is 18.8 Å². The van der Waals surface area contributed by atoms with Gasteiger partial charge in [-0.05, 0) is 32.2 Å². The molecule has 0 aromatic carbocycles. The molecule has 1 aliphatic rings. The maximum absolute atomic E-state index is 11.4. The second kappa shape index (κ2) is 6.58. The SMILES string of the molecule is CCC1CCC(NC)C(Sc2nc(=O)c(=O)[nH]n2C)C1. The van der Waals surface area contributed by atoms with Gasteiger partial charge in [0.2, 0.25) is 0 Å². The zero-order valence-electron chi connectivity index (χ0n) is 12.2. The van der Waals surface area contributed by atoms with Gasteiger partial charge in [0, 0.05) is 18.3 Å². The molecule has 3 atom stereocenters. The van der Waals surface area contributed by atoms with Crippen molar-refractivity contribution in [3.8, 4) is 0 Å². The van der Waals surface area contributed by atoms with Crippen LogP contribution < -0.4 is 16.4 Å². The van der Waals surface area contributed by atoms with Crippen molar-refractivity contribution in [3.63, 3.8) is 0 Å². The van der Waals surface area contributed by atoms with E-state index in [1.165, 1.54) is 17.5 Å². The van der Waals surface area contributed by atoms with Gasteiger partial charge in [-0.25, -0.2) is 0 Å². The lowest BCUT2D eigenvalue weighted by molar-refractivity contribution is 0.304. The van der Waals surface area contributed by atoms with Crippen molar-refractivity contribution in [2.24, 2.45) is 13.0 Å². The second-order valence-corrected chi connectivity index (χ2v) is 6.54. The molecule has 20 heavy (non-hydrogen) atoms. The average Bonchev–Trinajstić information content (AvgIpc) is 2.44. The van der Waals surface area contributed by atoms with Gasteiger partial charge in [-0.1, -0.05) is 25.1 Å². The third-order valence-electron chi connectivity index (χ3n) is 4.05. The molecule has 6 nitrogen and oxygen atoms in total. The van der Waals surface area contributed by atoms with Crippen molar-refractivity contribution >= 4 is 11.8 Å². The van der Waals surface area contributed by atoms with E-state index in [1.807, 2.05) is 7.05 Å². The zero-order chi connectivity index (χ0) is 14.7. The summed E-state index contributed by atoms with van der Waals surface area (Å²) in [5.74, 6) is 0.733. The minimum atomic E-state index is -0.713. The Morgan fingerprint density at radius 2 is 2.20 bits per heavy atom. The molecule has 0 amide bonds.